The molecule has 1 aliphatic carbocycles. The molecule has 2 aromatic carbocycles. The van der Waals surface area contributed by atoms with Gasteiger partial charge in [-0.2, -0.15) is 5.26 Å². The molecule has 0 radical (unpaired) electrons. The lowest BCUT2D eigenvalue weighted by atomic mass is 9.77. The number of rotatable bonds is 6. The van der Waals surface area contributed by atoms with Gasteiger partial charge in [0.15, 0.2) is 5.82 Å². The number of halogens is 2. The number of unbranched alkanes of at least 4 members (excludes halogenated alkanes) is 1. The van der Waals surface area contributed by atoms with E-state index in [0.29, 0.717) is 11.5 Å². The van der Waals surface area contributed by atoms with Crippen LogP contribution in [0.1, 0.15) is 68.9 Å². The molecule has 3 rings (SSSR count). The quantitative estimate of drug-likeness (QED) is 0.539. The summed E-state index contributed by atoms with van der Waals surface area (Å²) < 4.78 is 33.8. The predicted octanol–water partition coefficient (Wildman–Crippen LogP) is 6.98. The maximum atomic E-state index is 14.7. The molecule has 28 heavy (non-hydrogen) atoms. The van der Waals surface area contributed by atoms with Gasteiger partial charge in [-0.1, -0.05) is 50.5 Å². The summed E-state index contributed by atoms with van der Waals surface area (Å²) in [4.78, 5) is 0. The zero-order chi connectivity index (χ0) is 20.1. The zero-order valence-corrected chi connectivity index (χ0v) is 16.6. The highest BCUT2D eigenvalue weighted by molar-refractivity contribution is 5.73. The number of nitriles is 1. The Bertz CT molecular complexity index is 846. The Hall–Kier alpha value is -2.41. The lowest BCUT2D eigenvalue weighted by molar-refractivity contribution is 0.304. The molecule has 0 heterocycles. The molecule has 1 fully saturated rings. The summed E-state index contributed by atoms with van der Waals surface area (Å²) in [6.07, 6.45) is 8.86. The highest BCUT2D eigenvalue weighted by atomic mass is 19.1. The lowest BCUT2D eigenvalue weighted by Crippen LogP contribution is -2.13. The number of nitrogens with zero attached hydrogens (tertiary/aromatic N) is 1. The van der Waals surface area contributed by atoms with Gasteiger partial charge in [-0.3, -0.25) is 0 Å². The van der Waals surface area contributed by atoms with Crippen molar-refractivity contribution >= 4 is 0 Å². The maximum absolute atomic E-state index is 14.7. The van der Waals surface area contributed by atoms with Gasteiger partial charge >= 0.3 is 0 Å². The Balaban J connectivity index is 1.80. The van der Waals surface area contributed by atoms with Crippen LogP contribution >= 0.6 is 0 Å². The third-order valence-corrected chi connectivity index (χ3v) is 6.00. The summed E-state index contributed by atoms with van der Waals surface area (Å²) in [6, 6.07) is 10.4. The average molecular weight is 383 g/mol. The molecule has 0 bridgehead atoms. The van der Waals surface area contributed by atoms with Crippen LogP contribution < -0.4 is 4.74 Å². The lowest BCUT2D eigenvalue weighted by Gasteiger charge is -2.29. The van der Waals surface area contributed by atoms with Gasteiger partial charge in [0.1, 0.15) is 23.2 Å². The highest BCUT2D eigenvalue weighted by Gasteiger charge is 2.23. The first kappa shape index (κ1) is 20.3. The van der Waals surface area contributed by atoms with E-state index in [9.17, 15) is 8.78 Å². The van der Waals surface area contributed by atoms with E-state index >= 15 is 0 Å². The Labute approximate surface area is 166 Å². The fraction of sp³-hybridized carbons (Fsp3) is 0.458. The van der Waals surface area contributed by atoms with Crippen LogP contribution in [0.25, 0.3) is 11.1 Å². The Morgan fingerprint density at radius 3 is 2.36 bits per heavy atom. The standard InChI is InChI=1S/C24H27F2NO/c1-3-4-5-16-6-8-17(9-7-16)18-10-12-19(13-11-18)23-22(28-2)14-21(25)20(15-27)24(23)26/h10-14,16-17H,3-9H2,1-2H3/t16-,17-. The van der Waals surface area contributed by atoms with Gasteiger partial charge in [0.2, 0.25) is 0 Å². The van der Waals surface area contributed by atoms with E-state index in [0.717, 1.165) is 12.0 Å². The Morgan fingerprint density at radius 2 is 1.79 bits per heavy atom. The number of hydrogen-bond acceptors (Lipinski definition) is 2. The fourth-order valence-electron chi connectivity index (χ4n) is 4.33. The molecule has 4 heteroatoms. The van der Waals surface area contributed by atoms with Gasteiger partial charge in [0.05, 0.1) is 12.7 Å². The van der Waals surface area contributed by atoms with Crippen LogP contribution in [0, 0.1) is 28.9 Å². The molecule has 0 saturated heterocycles. The fourth-order valence-corrected chi connectivity index (χ4v) is 4.33. The molecule has 2 nitrogen and oxygen atoms in total. The van der Waals surface area contributed by atoms with Gasteiger partial charge in [-0.15, -0.1) is 0 Å². The summed E-state index contributed by atoms with van der Waals surface area (Å²) in [7, 11) is 1.37. The van der Waals surface area contributed by atoms with E-state index in [1.807, 2.05) is 24.3 Å². The van der Waals surface area contributed by atoms with Gasteiger partial charge < -0.3 is 4.74 Å². The largest absolute Gasteiger partial charge is 0.496 e. The van der Waals surface area contributed by atoms with E-state index in [4.69, 9.17) is 10.00 Å². The van der Waals surface area contributed by atoms with E-state index in [-0.39, 0.29) is 11.3 Å². The molecular formula is C24H27F2NO. The van der Waals surface area contributed by atoms with Gasteiger partial charge in [-0.05, 0) is 48.6 Å². The van der Waals surface area contributed by atoms with Crippen LogP contribution in [0.4, 0.5) is 8.78 Å². The third-order valence-electron chi connectivity index (χ3n) is 6.00. The number of benzene rings is 2. The van der Waals surface area contributed by atoms with Crippen molar-refractivity contribution in [3.05, 3.63) is 53.1 Å². The first-order valence-electron chi connectivity index (χ1n) is 10.1. The van der Waals surface area contributed by atoms with E-state index in [2.05, 4.69) is 6.92 Å². The second kappa shape index (κ2) is 9.19. The van der Waals surface area contributed by atoms with E-state index < -0.39 is 17.2 Å². The number of ether oxygens (including phenoxy) is 1. The average Bonchev–Trinajstić information content (AvgIpc) is 2.72. The SMILES string of the molecule is CCCC[C@H]1CC[C@H](c2ccc(-c3c(OC)cc(F)c(C#N)c3F)cc2)CC1. The summed E-state index contributed by atoms with van der Waals surface area (Å²) in [5, 5.41) is 9.05. The smallest absolute Gasteiger partial charge is 0.155 e. The van der Waals surface area contributed by atoms with Crippen molar-refractivity contribution in [3.8, 4) is 22.9 Å². The summed E-state index contributed by atoms with van der Waals surface area (Å²) in [5.74, 6) is -0.280. The Kier molecular flexibility index (Phi) is 6.67. The topological polar surface area (TPSA) is 33.0 Å². The highest BCUT2D eigenvalue weighted by Crippen LogP contribution is 2.40. The predicted molar refractivity (Wildman–Crippen MR) is 107 cm³/mol. The summed E-state index contributed by atoms with van der Waals surface area (Å²) >= 11 is 0. The third kappa shape index (κ3) is 4.19. The molecule has 148 valence electrons. The minimum absolute atomic E-state index is 0.0955. The second-order valence-electron chi connectivity index (χ2n) is 7.72. The van der Waals surface area contributed by atoms with Crippen molar-refractivity contribution in [2.75, 3.05) is 7.11 Å². The van der Waals surface area contributed by atoms with Gasteiger partial charge in [0.25, 0.3) is 0 Å². The zero-order valence-electron chi connectivity index (χ0n) is 16.6. The summed E-state index contributed by atoms with van der Waals surface area (Å²) in [6.45, 7) is 2.24. The van der Waals surface area contributed by atoms with Crippen molar-refractivity contribution in [1.29, 1.82) is 5.26 Å². The van der Waals surface area contributed by atoms with Crippen LogP contribution in [-0.4, -0.2) is 7.11 Å². The van der Waals surface area contributed by atoms with Crippen molar-refractivity contribution < 1.29 is 13.5 Å². The Morgan fingerprint density at radius 1 is 1.11 bits per heavy atom. The molecule has 0 spiro atoms. The molecule has 0 unspecified atom stereocenters. The van der Waals surface area contributed by atoms with Crippen LogP contribution in [0.15, 0.2) is 30.3 Å². The van der Waals surface area contributed by atoms with Gasteiger partial charge in [-0.25, -0.2) is 8.78 Å². The first-order chi connectivity index (χ1) is 13.6. The van der Waals surface area contributed by atoms with Crippen LogP contribution in [0.3, 0.4) is 0 Å². The molecule has 2 aromatic rings. The molecular weight excluding hydrogens is 356 g/mol. The first-order valence-corrected chi connectivity index (χ1v) is 10.1. The molecule has 0 amide bonds. The van der Waals surface area contributed by atoms with E-state index in [1.165, 1.54) is 57.6 Å². The van der Waals surface area contributed by atoms with Crippen molar-refractivity contribution in [2.24, 2.45) is 5.92 Å². The second-order valence-corrected chi connectivity index (χ2v) is 7.72. The molecule has 0 N–H and O–H groups in total. The maximum Gasteiger partial charge on any atom is 0.155 e. The monoisotopic (exact) mass is 383 g/mol. The van der Waals surface area contributed by atoms with Crippen molar-refractivity contribution in [1.82, 2.24) is 0 Å². The van der Waals surface area contributed by atoms with Gasteiger partial charge in [0, 0.05) is 6.07 Å². The van der Waals surface area contributed by atoms with Crippen molar-refractivity contribution in [2.45, 2.75) is 57.8 Å². The molecule has 1 aliphatic rings. The minimum atomic E-state index is -0.906. The van der Waals surface area contributed by atoms with Crippen LogP contribution in [0.5, 0.6) is 5.75 Å². The minimum Gasteiger partial charge on any atom is -0.496 e. The molecule has 0 aromatic heterocycles. The molecule has 0 aliphatic heterocycles. The van der Waals surface area contributed by atoms with Crippen LogP contribution in [0.2, 0.25) is 0 Å². The number of hydrogen-bond donors (Lipinski definition) is 0. The number of methoxy groups -OCH3 is 1. The van der Waals surface area contributed by atoms with Crippen molar-refractivity contribution in [3.63, 3.8) is 0 Å². The summed E-state index contributed by atoms with van der Waals surface area (Å²) in [5.41, 5.74) is 1.41. The molecule has 1 saturated carbocycles. The normalized spacial score (nSPS) is 19.2. The molecule has 0 atom stereocenters. The van der Waals surface area contributed by atoms with Crippen LogP contribution in [-0.2, 0) is 0 Å². The van der Waals surface area contributed by atoms with E-state index in [1.54, 1.807) is 6.07 Å².